The molecule has 0 aliphatic heterocycles. The van der Waals surface area contributed by atoms with Crippen molar-refractivity contribution in [1.29, 1.82) is 0 Å². The molecule has 1 unspecified atom stereocenters. The fraction of sp³-hybridized carbons (Fsp3) is 0.125. The Kier molecular flexibility index (Phi) is 6.35. The molecule has 2 aromatic rings. The second kappa shape index (κ2) is 8.30. The number of primary sulfonamides is 1. The van der Waals surface area contributed by atoms with Crippen molar-refractivity contribution in [3.05, 3.63) is 58.6 Å². The Balaban J connectivity index is 2.10. The maximum Gasteiger partial charge on any atom is 0.312 e. The highest BCUT2D eigenvalue weighted by molar-refractivity contribution is 9.10. The number of anilines is 1. The molecule has 6 N–H and O–H groups in total. The van der Waals surface area contributed by atoms with Crippen molar-refractivity contribution >= 4 is 43.6 Å². The number of amides is 3. The van der Waals surface area contributed by atoms with E-state index in [0.29, 0.717) is 11.3 Å². The zero-order valence-corrected chi connectivity index (χ0v) is 15.9. The number of benzene rings is 2. The summed E-state index contributed by atoms with van der Waals surface area (Å²) in [4.78, 5) is 23.5. The third-order valence-corrected chi connectivity index (χ3v) is 4.85. The molecule has 0 aliphatic rings. The summed E-state index contributed by atoms with van der Waals surface area (Å²) in [5.74, 6) is -0.382. The number of nitrogens with two attached hydrogens (primary N) is 2. The number of carbonyl (C=O) groups excluding carboxylic acids is 2. The average Bonchev–Trinajstić information content (AvgIpc) is 2.53. The molecule has 0 saturated heterocycles. The zero-order valence-electron chi connectivity index (χ0n) is 13.5. The molecule has 0 saturated carbocycles. The van der Waals surface area contributed by atoms with E-state index in [2.05, 4.69) is 26.6 Å². The summed E-state index contributed by atoms with van der Waals surface area (Å²) < 4.78 is 23.3. The summed E-state index contributed by atoms with van der Waals surface area (Å²) in [5, 5.41) is 10.2. The largest absolute Gasteiger partial charge is 0.352 e. The van der Waals surface area contributed by atoms with Crippen molar-refractivity contribution in [2.75, 3.05) is 5.32 Å². The monoisotopic (exact) mass is 440 g/mol. The van der Waals surface area contributed by atoms with E-state index < -0.39 is 22.1 Å². The zero-order chi connectivity index (χ0) is 19.3. The Morgan fingerprint density at radius 2 is 1.77 bits per heavy atom. The Hall–Kier alpha value is -2.43. The molecular weight excluding hydrogens is 424 g/mol. The fourth-order valence-electron chi connectivity index (χ4n) is 2.27. The van der Waals surface area contributed by atoms with Crippen molar-refractivity contribution in [2.24, 2.45) is 10.9 Å². The molecule has 2 aromatic carbocycles. The van der Waals surface area contributed by atoms with Gasteiger partial charge in [-0.3, -0.25) is 4.79 Å². The first-order chi connectivity index (χ1) is 12.1. The van der Waals surface area contributed by atoms with Crippen LogP contribution in [0, 0.1) is 0 Å². The molecule has 0 fully saturated rings. The maximum atomic E-state index is 12.3. The van der Waals surface area contributed by atoms with E-state index in [1.807, 2.05) is 6.07 Å². The van der Waals surface area contributed by atoms with Gasteiger partial charge in [-0.15, -0.1) is 0 Å². The first kappa shape index (κ1) is 19.9. The van der Waals surface area contributed by atoms with Crippen LogP contribution < -0.4 is 21.5 Å². The number of hydrogen-bond donors (Lipinski definition) is 4. The number of urea groups is 1. The maximum absolute atomic E-state index is 12.3. The summed E-state index contributed by atoms with van der Waals surface area (Å²) in [6.07, 6.45) is -0.0592. The lowest BCUT2D eigenvalue weighted by atomic mass is 10.0. The van der Waals surface area contributed by atoms with Crippen LogP contribution in [0.2, 0.25) is 0 Å². The molecule has 26 heavy (non-hydrogen) atoms. The molecule has 0 radical (unpaired) electrons. The van der Waals surface area contributed by atoms with E-state index >= 15 is 0 Å². The Bertz CT molecular complexity index is 916. The number of halogens is 1. The first-order valence-corrected chi connectivity index (χ1v) is 9.73. The third-order valence-electron chi connectivity index (χ3n) is 3.42. The van der Waals surface area contributed by atoms with Gasteiger partial charge in [-0.05, 0) is 42.0 Å². The van der Waals surface area contributed by atoms with Gasteiger partial charge in [-0.25, -0.2) is 18.4 Å². The molecular formula is C16H17BrN4O4S. The van der Waals surface area contributed by atoms with E-state index in [1.54, 1.807) is 18.2 Å². The quantitative estimate of drug-likeness (QED) is 0.542. The molecule has 8 nitrogen and oxygen atoms in total. The van der Waals surface area contributed by atoms with E-state index in [1.165, 1.54) is 24.3 Å². The topological polar surface area (TPSA) is 144 Å². The highest BCUT2D eigenvalue weighted by Crippen LogP contribution is 2.22. The van der Waals surface area contributed by atoms with E-state index in [9.17, 15) is 18.0 Å². The van der Waals surface area contributed by atoms with Crippen LogP contribution >= 0.6 is 15.9 Å². The Morgan fingerprint density at radius 1 is 1.12 bits per heavy atom. The van der Waals surface area contributed by atoms with E-state index in [-0.39, 0.29) is 17.2 Å². The standard InChI is InChI=1S/C16H17BrN4O4S/c17-11-3-1-2-10(8-11)14(21-16(18)23)9-15(22)20-12-4-6-13(7-5-12)26(19,24)25/h1-8,14H,9H2,(H,20,22)(H3,18,21,23)(H2,19,24,25). The van der Waals surface area contributed by atoms with Gasteiger partial charge in [0.15, 0.2) is 0 Å². The van der Waals surface area contributed by atoms with Gasteiger partial charge >= 0.3 is 6.03 Å². The second-order valence-corrected chi connectivity index (χ2v) is 7.91. The van der Waals surface area contributed by atoms with Crippen molar-refractivity contribution in [3.8, 4) is 0 Å². The summed E-state index contributed by atoms with van der Waals surface area (Å²) >= 11 is 3.34. The Morgan fingerprint density at radius 3 is 2.31 bits per heavy atom. The SMILES string of the molecule is NC(=O)NC(CC(=O)Nc1ccc(S(N)(=O)=O)cc1)c1cccc(Br)c1. The lowest BCUT2D eigenvalue weighted by Gasteiger charge is -2.18. The number of sulfonamides is 1. The van der Waals surface area contributed by atoms with E-state index in [4.69, 9.17) is 10.9 Å². The second-order valence-electron chi connectivity index (χ2n) is 5.44. The Labute approximate surface area is 159 Å². The predicted octanol–water partition coefficient (Wildman–Crippen LogP) is 1.83. The molecule has 0 aromatic heterocycles. The molecule has 1 atom stereocenters. The van der Waals surface area contributed by atoms with Crippen LogP contribution in [-0.4, -0.2) is 20.4 Å². The minimum atomic E-state index is -3.80. The van der Waals surface area contributed by atoms with Crippen LogP contribution in [0.15, 0.2) is 57.9 Å². The molecule has 138 valence electrons. The fourth-order valence-corrected chi connectivity index (χ4v) is 3.21. The molecule has 0 bridgehead atoms. The number of carbonyl (C=O) groups is 2. The highest BCUT2D eigenvalue weighted by atomic mass is 79.9. The minimum Gasteiger partial charge on any atom is -0.352 e. The lowest BCUT2D eigenvalue weighted by Crippen LogP contribution is -2.35. The van der Waals surface area contributed by atoms with Crippen molar-refractivity contribution in [3.63, 3.8) is 0 Å². The van der Waals surface area contributed by atoms with Crippen LogP contribution in [-0.2, 0) is 14.8 Å². The average molecular weight is 441 g/mol. The molecule has 10 heteroatoms. The normalized spacial score (nSPS) is 12.2. The van der Waals surface area contributed by atoms with Gasteiger partial charge in [-0.2, -0.15) is 0 Å². The van der Waals surface area contributed by atoms with Crippen LogP contribution in [0.1, 0.15) is 18.0 Å². The van der Waals surface area contributed by atoms with Gasteiger partial charge < -0.3 is 16.4 Å². The van der Waals surface area contributed by atoms with Crippen LogP contribution in [0.5, 0.6) is 0 Å². The molecule has 2 rings (SSSR count). The molecule has 0 heterocycles. The van der Waals surface area contributed by atoms with E-state index in [0.717, 1.165) is 4.47 Å². The van der Waals surface area contributed by atoms with Crippen LogP contribution in [0.3, 0.4) is 0 Å². The molecule has 3 amide bonds. The van der Waals surface area contributed by atoms with Gasteiger partial charge in [0.1, 0.15) is 0 Å². The number of hydrogen-bond acceptors (Lipinski definition) is 4. The van der Waals surface area contributed by atoms with Gasteiger partial charge in [0.2, 0.25) is 15.9 Å². The first-order valence-electron chi connectivity index (χ1n) is 7.39. The summed E-state index contributed by atoms with van der Waals surface area (Å²) in [6.45, 7) is 0. The number of nitrogens with one attached hydrogen (secondary N) is 2. The summed E-state index contributed by atoms with van der Waals surface area (Å²) in [6, 6.07) is 11.2. The number of rotatable bonds is 6. The van der Waals surface area contributed by atoms with Gasteiger partial charge in [0, 0.05) is 10.2 Å². The van der Waals surface area contributed by atoms with Crippen molar-refractivity contribution in [1.82, 2.24) is 5.32 Å². The van der Waals surface area contributed by atoms with Crippen LogP contribution in [0.25, 0.3) is 0 Å². The minimum absolute atomic E-state index is 0.0575. The molecule has 0 aliphatic carbocycles. The number of primary amides is 1. The summed E-state index contributed by atoms with van der Waals surface area (Å²) in [5.41, 5.74) is 6.30. The highest BCUT2D eigenvalue weighted by Gasteiger charge is 2.18. The third kappa shape index (κ3) is 5.83. The van der Waals surface area contributed by atoms with Gasteiger partial charge in [0.25, 0.3) is 0 Å². The van der Waals surface area contributed by atoms with Gasteiger partial charge in [-0.1, -0.05) is 28.1 Å². The lowest BCUT2D eigenvalue weighted by molar-refractivity contribution is -0.116. The smallest absolute Gasteiger partial charge is 0.312 e. The van der Waals surface area contributed by atoms with Crippen molar-refractivity contribution < 1.29 is 18.0 Å². The van der Waals surface area contributed by atoms with Crippen LogP contribution in [0.4, 0.5) is 10.5 Å². The van der Waals surface area contributed by atoms with Crippen molar-refractivity contribution in [2.45, 2.75) is 17.4 Å². The molecule has 0 spiro atoms. The summed E-state index contributed by atoms with van der Waals surface area (Å²) in [7, 11) is -3.80. The predicted molar refractivity (Wildman–Crippen MR) is 101 cm³/mol. The van der Waals surface area contributed by atoms with Gasteiger partial charge in [0.05, 0.1) is 17.4 Å².